The van der Waals surface area contributed by atoms with Gasteiger partial charge in [0, 0.05) is 11.3 Å². The van der Waals surface area contributed by atoms with E-state index in [1.165, 1.54) is 29.5 Å². The molecule has 4 aromatic rings. The molecule has 10 heteroatoms. The van der Waals surface area contributed by atoms with Crippen LogP contribution in [-0.4, -0.2) is 20.7 Å². The maximum Gasteiger partial charge on any atom is 0.294 e. The van der Waals surface area contributed by atoms with Crippen molar-refractivity contribution in [1.82, 2.24) is 14.8 Å². The Bertz CT molecular complexity index is 1340. The summed E-state index contributed by atoms with van der Waals surface area (Å²) in [6, 6.07) is 10.4. The minimum absolute atomic E-state index is 0.217. The van der Waals surface area contributed by atoms with E-state index in [-0.39, 0.29) is 17.9 Å². The molecule has 1 amide bonds. The Labute approximate surface area is 183 Å². The maximum absolute atomic E-state index is 13.3. The summed E-state index contributed by atoms with van der Waals surface area (Å²) in [6.45, 7) is 1.44. The van der Waals surface area contributed by atoms with E-state index < -0.39 is 11.5 Å². The van der Waals surface area contributed by atoms with Crippen LogP contribution in [0, 0.1) is 12.7 Å². The van der Waals surface area contributed by atoms with Gasteiger partial charge in [0.2, 0.25) is 5.91 Å². The lowest BCUT2D eigenvalue weighted by molar-refractivity contribution is -0.117. The van der Waals surface area contributed by atoms with Gasteiger partial charge in [-0.25, -0.2) is 14.1 Å². The third-order valence-electron chi connectivity index (χ3n) is 4.22. The highest BCUT2D eigenvalue weighted by Gasteiger charge is 2.18. The second-order valence-corrected chi connectivity index (χ2v) is 8.42. The predicted molar refractivity (Wildman–Crippen MR) is 117 cm³/mol. The lowest BCUT2D eigenvalue weighted by atomic mass is 10.1. The smallest absolute Gasteiger partial charge is 0.294 e. The highest BCUT2D eigenvalue weighted by Crippen LogP contribution is 2.29. The summed E-state index contributed by atoms with van der Waals surface area (Å²) < 4.78 is 15.0. The van der Waals surface area contributed by atoms with Gasteiger partial charge in [-0.2, -0.15) is 5.10 Å². The first-order valence-electron chi connectivity index (χ1n) is 8.71. The molecule has 30 heavy (non-hydrogen) atoms. The molecular formula is C20H13Cl2FN4O2S. The van der Waals surface area contributed by atoms with Crippen LogP contribution in [0.15, 0.2) is 47.3 Å². The number of hydrogen-bond acceptors (Lipinski definition) is 5. The van der Waals surface area contributed by atoms with E-state index >= 15 is 0 Å². The molecule has 0 bridgehead atoms. The number of benzene rings is 2. The van der Waals surface area contributed by atoms with E-state index in [4.69, 9.17) is 23.2 Å². The number of nitrogens with one attached hydrogen (secondary N) is 1. The molecule has 2 aromatic heterocycles. The molecule has 0 saturated carbocycles. The Kier molecular flexibility index (Phi) is 5.55. The Morgan fingerprint density at radius 2 is 1.90 bits per heavy atom. The van der Waals surface area contributed by atoms with Crippen molar-refractivity contribution in [3.63, 3.8) is 0 Å². The van der Waals surface area contributed by atoms with E-state index in [0.29, 0.717) is 36.7 Å². The Morgan fingerprint density at radius 1 is 1.17 bits per heavy atom. The number of aromatic nitrogens is 3. The number of anilines is 1. The zero-order valence-electron chi connectivity index (χ0n) is 15.4. The Balaban J connectivity index is 1.72. The summed E-state index contributed by atoms with van der Waals surface area (Å²) in [5, 5.41) is 8.37. The number of aryl methyl sites for hydroxylation is 1. The first kappa shape index (κ1) is 20.5. The topological polar surface area (TPSA) is 76.9 Å². The number of carbonyl (C=O) groups excluding carboxylic acids is 1. The number of halogens is 3. The predicted octanol–water partition coefficient (Wildman–Crippen LogP) is 4.91. The number of fused-ring (bicyclic) bond motifs is 1. The highest BCUT2D eigenvalue weighted by molar-refractivity contribution is 7.19. The van der Waals surface area contributed by atoms with Crippen LogP contribution in [-0.2, 0) is 11.3 Å². The highest BCUT2D eigenvalue weighted by atomic mass is 35.5. The SMILES string of the molecule is Cc1nc2c(=O)n(CC(=O)Nc3ccc(Cl)c(Cl)c3)nc(-c3ccc(F)cc3)c2s1. The van der Waals surface area contributed by atoms with Crippen LogP contribution < -0.4 is 10.9 Å². The normalized spacial score (nSPS) is 11.1. The third kappa shape index (κ3) is 4.07. The molecule has 4 rings (SSSR count). The van der Waals surface area contributed by atoms with Gasteiger partial charge in [-0.05, 0) is 49.4 Å². The summed E-state index contributed by atoms with van der Waals surface area (Å²) in [5.74, 6) is -0.857. The van der Waals surface area contributed by atoms with Crippen molar-refractivity contribution in [3.05, 3.63) is 73.7 Å². The van der Waals surface area contributed by atoms with Crippen molar-refractivity contribution < 1.29 is 9.18 Å². The van der Waals surface area contributed by atoms with E-state index in [1.54, 1.807) is 31.2 Å². The molecule has 0 atom stereocenters. The molecule has 0 aliphatic rings. The number of carbonyl (C=O) groups is 1. The van der Waals surface area contributed by atoms with Crippen molar-refractivity contribution in [1.29, 1.82) is 0 Å². The Morgan fingerprint density at radius 3 is 2.60 bits per heavy atom. The summed E-state index contributed by atoms with van der Waals surface area (Å²) in [4.78, 5) is 29.6. The maximum atomic E-state index is 13.3. The van der Waals surface area contributed by atoms with Crippen LogP contribution >= 0.6 is 34.5 Å². The van der Waals surface area contributed by atoms with E-state index in [0.717, 1.165) is 4.68 Å². The van der Waals surface area contributed by atoms with Gasteiger partial charge in [0.1, 0.15) is 18.1 Å². The number of thiazole rings is 1. The summed E-state index contributed by atoms with van der Waals surface area (Å²) in [5.41, 5.74) is 1.24. The minimum atomic E-state index is -0.482. The number of rotatable bonds is 4. The van der Waals surface area contributed by atoms with Gasteiger partial charge in [-0.1, -0.05) is 23.2 Å². The van der Waals surface area contributed by atoms with Gasteiger partial charge in [0.05, 0.1) is 19.8 Å². The molecule has 0 fully saturated rings. The molecule has 2 aromatic carbocycles. The molecule has 1 N–H and O–H groups in total. The van der Waals surface area contributed by atoms with Gasteiger partial charge < -0.3 is 5.32 Å². The van der Waals surface area contributed by atoms with E-state index in [1.807, 2.05) is 0 Å². The molecule has 2 heterocycles. The van der Waals surface area contributed by atoms with Crippen molar-refractivity contribution in [2.75, 3.05) is 5.32 Å². The number of nitrogens with zero attached hydrogens (tertiary/aromatic N) is 3. The van der Waals surface area contributed by atoms with Crippen LogP contribution in [0.2, 0.25) is 10.0 Å². The molecule has 152 valence electrons. The number of hydrogen-bond donors (Lipinski definition) is 1. The zero-order valence-corrected chi connectivity index (χ0v) is 17.8. The molecule has 0 unspecified atom stereocenters. The van der Waals surface area contributed by atoms with Crippen molar-refractivity contribution in [2.24, 2.45) is 0 Å². The summed E-state index contributed by atoms with van der Waals surface area (Å²) >= 11 is 13.2. The molecular weight excluding hydrogens is 450 g/mol. The van der Waals surface area contributed by atoms with Gasteiger partial charge >= 0.3 is 0 Å². The zero-order chi connectivity index (χ0) is 21.4. The van der Waals surface area contributed by atoms with Crippen LogP contribution in [0.25, 0.3) is 21.5 Å². The van der Waals surface area contributed by atoms with Crippen LogP contribution in [0.1, 0.15) is 5.01 Å². The second kappa shape index (κ2) is 8.14. The van der Waals surface area contributed by atoms with Gasteiger partial charge in [-0.15, -0.1) is 11.3 Å². The van der Waals surface area contributed by atoms with Crippen molar-refractivity contribution in [3.8, 4) is 11.3 Å². The van der Waals surface area contributed by atoms with Crippen molar-refractivity contribution in [2.45, 2.75) is 13.5 Å². The van der Waals surface area contributed by atoms with Crippen LogP contribution in [0.5, 0.6) is 0 Å². The average Bonchev–Trinajstić information content (AvgIpc) is 3.10. The molecule has 0 spiro atoms. The van der Waals surface area contributed by atoms with E-state index in [9.17, 15) is 14.0 Å². The Hall–Kier alpha value is -2.81. The lowest BCUT2D eigenvalue weighted by Gasteiger charge is -2.10. The largest absolute Gasteiger partial charge is 0.324 e. The molecule has 6 nitrogen and oxygen atoms in total. The quantitative estimate of drug-likeness (QED) is 0.467. The van der Waals surface area contributed by atoms with E-state index in [2.05, 4.69) is 15.4 Å². The van der Waals surface area contributed by atoms with Crippen molar-refractivity contribution >= 4 is 56.3 Å². The van der Waals surface area contributed by atoms with Crippen LogP contribution in [0.4, 0.5) is 10.1 Å². The first-order valence-corrected chi connectivity index (χ1v) is 10.3. The standard InChI is InChI=1S/C20H13Cl2FN4O2S/c1-10-24-18-19(30-10)17(11-2-4-12(23)5-3-11)26-27(20(18)29)9-16(28)25-13-6-7-14(21)15(22)8-13/h2-8H,9H2,1H3,(H,25,28). The molecule has 0 saturated heterocycles. The first-order chi connectivity index (χ1) is 14.3. The van der Waals surface area contributed by atoms with Gasteiger partial charge in [0.25, 0.3) is 5.56 Å². The van der Waals surface area contributed by atoms with Gasteiger partial charge in [-0.3, -0.25) is 9.59 Å². The van der Waals surface area contributed by atoms with Crippen LogP contribution in [0.3, 0.4) is 0 Å². The fourth-order valence-electron chi connectivity index (χ4n) is 2.88. The summed E-state index contributed by atoms with van der Waals surface area (Å²) in [7, 11) is 0. The fourth-order valence-corrected chi connectivity index (χ4v) is 4.10. The van der Waals surface area contributed by atoms with Gasteiger partial charge in [0.15, 0.2) is 5.52 Å². The summed E-state index contributed by atoms with van der Waals surface area (Å²) in [6.07, 6.45) is 0. The fraction of sp³-hybridized carbons (Fsp3) is 0.100. The molecule has 0 aliphatic carbocycles. The second-order valence-electron chi connectivity index (χ2n) is 6.41. The molecule has 0 radical (unpaired) electrons. The monoisotopic (exact) mass is 462 g/mol. The number of amides is 1. The minimum Gasteiger partial charge on any atom is -0.324 e. The average molecular weight is 463 g/mol. The lowest BCUT2D eigenvalue weighted by Crippen LogP contribution is -2.30. The third-order valence-corrected chi connectivity index (χ3v) is 5.94. The molecule has 0 aliphatic heterocycles.